The number of carbonyl (C=O) groups is 3. The van der Waals surface area contributed by atoms with Crippen LogP contribution < -0.4 is 10.2 Å². The molecule has 2 aromatic carbocycles. The van der Waals surface area contributed by atoms with Gasteiger partial charge in [0.1, 0.15) is 11.5 Å². The van der Waals surface area contributed by atoms with Crippen molar-refractivity contribution in [2.75, 3.05) is 24.7 Å². The SMILES string of the molecule is CC(C)CCCCn1nnc2c1-c1ccccc1CN(C(=O)CCC(=O)NCCCOCCCC(=O)CCC(C)C)c1ccccc1-2. The van der Waals surface area contributed by atoms with Crippen LogP contribution in [0.2, 0.25) is 0 Å². The van der Waals surface area contributed by atoms with E-state index in [4.69, 9.17) is 4.74 Å². The van der Waals surface area contributed by atoms with Crippen molar-refractivity contribution >= 4 is 23.3 Å². The lowest BCUT2D eigenvalue weighted by Gasteiger charge is -2.28. The molecule has 1 aromatic heterocycles. The highest BCUT2D eigenvalue weighted by Crippen LogP contribution is 2.41. The number of aryl methyl sites for hydroxylation is 1. The quantitative estimate of drug-likeness (QED) is 0.137. The second-order valence-corrected chi connectivity index (χ2v) is 13.4. The molecule has 0 bridgehead atoms. The summed E-state index contributed by atoms with van der Waals surface area (Å²) in [5.41, 5.74) is 5.45. The maximum atomic E-state index is 13.7. The number of anilines is 1. The van der Waals surface area contributed by atoms with E-state index in [2.05, 4.69) is 55.5 Å². The fourth-order valence-corrected chi connectivity index (χ4v) is 5.90. The first-order chi connectivity index (χ1) is 22.7. The maximum absolute atomic E-state index is 13.7. The molecule has 1 aliphatic heterocycles. The molecule has 47 heavy (non-hydrogen) atoms. The molecular weight excluding hydrogens is 590 g/mol. The van der Waals surface area contributed by atoms with Gasteiger partial charge in [0, 0.05) is 63.1 Å². The maximum Gasteiger partial charge on any atom is 0.227 e. The summed E-state index contributed by atoms with van der Waals surface area (Å²) in [4.78, 5) is 40.1. The highest BCUT2D eigenvalue weighted by molar-refractivity contribution is 6.01. The molecule has 1 aliphatic rings. The zero-order valence-electron chi connectivity index (χ0n) is 28.8. The van der Waals surface area contributed by atoms with Crippen molar-refractivity contribution in [2.45, 2.75) is 105 Å². The van der Waals surface area contributed by atoms with Crippen LogP contribution in [0.3, 0.4) is 0 Å². The number of para-hydroxylation sites is 1. The summed E-state index contributed by atoms with van der Waals surface area (Å²) in [6.45, 7) is 11.5. The average Bonchev–Trinajstić information content (AvgIpc) is 3.47. The number of amides is 2. The van der Waals surface area contributed by atoms with Crippen LogP contribution in [0.4, 0.5) is 5.69 Å². The number of fused-ring (bicyclic) bond motifs is 5. The summed E-state index contributed by atoms with van der Waals surface area (Å²) in [5.74, 6) is 1.25. The van der Waals surface area contributed by atoms with Crippen molar-refractivity contribution < 1.29 is 19.1 Å². The van der Waals surface area contributed by atoms with Gasteiger partial charge in [-0.25, -0.2) is 4.68 Å². The van der Waals surface area contributed by atoms with Gasteiger partial charge in [0.2, 0.25) is 11.8 Å². The number of unbranched alkanes of at least 4 members (excludes halogenated alkanes) is 1. The van der Waals surface area contributed by atoms with E-state index in [9.17, 15) is 14.4 Å². The summed E-state index contributed by atoms with van der Waals surface area (Å²) in [5, 5.41) is 12.2. The van der Waals surface area contributed by atoms with E-state index in [1.807, 2.05) is 41.1 Å². The van der Waals surface area contributed by atoms with Crippen LogP contribution in [0.5, 0.6) is 0 Å². The molecule has 0 radical (unpaired) electrons. The van der Waals surface area contributed by atoms with Crippen molar-refractivity contribution in [1.82, 2.24) is 20.3 Å². The molecule has 3 aromatic rings. The second-order valence-electron chi connectivity index (χ2n) is 13.4. The smallest absolute Gasteiger partial charge is 0.227 e. The van der Waals surface area contributed by atoms with E-state index < -0.39 is 0 Å². The predicted molar refractivity (Wildman–Crippen MR) is 187 cm³/mol. The van der Waals surface area contributed by atoms with Gasteiger partial charge in [-0.1, -0.05) is 88.2 Å². The predicted octanol–water partition coefficient (Wildman–Crippen LogP) is 7.37. The minimum atomic E-state index is -0.155. The van der Waals surface area contributed by atoms with Gasteiger partial charge in [-0.05, 0) is 49.1 Å². The molecular formula is C38H53N5O4. The van der Waals surface area contributed by atoms with Crippen LogP contribution in [0.1, 0.15) is 97.5 Å². The van der Waals surface area contributed by atoms with Gasteiger partial charge in [0.05, 0.1) is 17.9 Å². The monoisotopic (exact) mass is 643 g/mol. The number of aromatic nitrogens is 3. The highest BCUT2D eigenvalue weighted by atomic mass is 16.5. The molecule has 9 heteroatoms. The third-order valence-electron chi connectivity index (χ3n) is 8.59. The van der Waals surface area contributed by atoms with Crippen LogP contribution in [-0.4, -0.2) is 52.3 Å². The Hall–Kier alpha value is -3.85. The van der Waals surface area contributed by atoms with Gasteiger partial charge < -0.3 is 15.0 Å². The fourth-order valence-electron chi connectivity index (χ4n) is 5.90. The van der Waals surface area contributed by atoms with Crippen molar-refractivity contribution in [3.63, 3.8) is 0 Å². The Morgan fingerprint density at radius 3 is 2.32 bits per heavy atom. The lowest BCUT2D eigenvalue weighted by atomic mass is 9.95. The number of carbonyl (C=O) groups excluding carboxylic acids is 3. The van der Waals surface area contributed by atoms with Crippen LogP contribution in [0, 0.1) is 11.8 Å². The van der Waals surface area contributed by atoms with Crippen molar-refractivity contribution in [3.05, 3.63) is 54.1 Å². The molecule has 0 spiro atoms. The average molecular weight is 644 g/mol. The third-order valence-corrected chi connectivity index (χ3v) is 8.59. The Morgan fingerprint density at radius 2 is 1.53 bits per heavy atom. The number of benzene rings is 2. The molecule has 0 aliphatic carbocycles. The van der Waals surface area contributed by atoms with E-state index in [0.29, 0.717) is 63.2 Å². The Bertz CT molecular complexity index is 1460. The van der Waals surface area contributed by atoms with Gasteiger partial charge in [-0.3, -0.25) is 14.4 Å². The summed E-state index contributed by atoms with van der Waals surface area (Å²) < 4.78 is 7.66. The number of hydrogen-bond donors (Lipinski definition) is 1. The zero-order valence-corrected chi connectivity index (χ0v) is 28.8. The molecule has 2 amide bonds. The van der Waals surface area contributed by atoms with Crippen molar-refractivity contribution in [1.29, 1.82) is 0 Å². The first-order valence-corrected chi connectivity index (χ1v) is 17.5. The van der Waals surface area contributed by atoms with E-state index in [0.717, 1.165) is 66.0 Å². The van der Waals surface area contributed by atoms with Gasteiger partial charge in [0.15, 0.2) is 0 Å². The second kappa shape index (κ2) is 18.5. The van der Waals surface area contributed by atoms with E-state index in [1.54, 1.807) is 4.90 Å². The molecule has 9 nitrogen and oxygen atoms in total. The third kappa shape index (κ3) is 10.8. The molecule has 4 rings (SSSR count). The van der Waals surface area contributed by atoms with Crippen LogP contribution in [0.15, 0.2) is 48.5 Å². The number of Topliss-reactive ketones (excluding diaryl/α,β-unsaturated/α-hetero) is 1. The number of ketones is 1. The number of nitrogens with one attached hydrogen (secondary N) is 1. The highest BCUT2D eigenvalue weighted by Gasteiger charge is 2.29. The Kier molecular flexibility index (Phi) is 14.2. The lowest BCUT2D eigenvalue weighted by molar-refractivity contribution is -0.125. The van der Waals surface area contributed by atoms with Gasteiger partial charge in [-0.15, -0.1) is 5.10 Å². The lowest BCUT2D eigenvalue weighted by Crippen LogP contribution is -2.33. The molecule has 0 saturated carbocycles. The van der Waals surface area contributed by atoms with Crippen LogP contribution in [-0.2, 0) is 32.2 Å². The molecule has 0 unspecified atom stereocenters. The molecule has 0 fully saturated rings. The van der Waals surface area contributed by atoms with Gasteiger partial charge in [0.25, 0.3) is 0 Å². The summed E-state index contributed by atoms with van der Waals surface area (Å²) in [6.07, 6.45) is 7.10. The van der Waals surface area contributed by atoms with Crippen molar-refractivity contribution in [2.24, 2.45) is 11.8 Å². The molecule has 254 valence electrons. The number of rotatable bonds is 19. The van der Waals surface area contributed by atoms with Crippen LogP contribution in [0.25, 0.3) is 22.5 Å². The molecule has 0 atom stereocenters. The van der Waals surface area contributed by atoms with Crippen LogP contribution >= 0.6 is 0 Å². The summed E-state index contributed by atoms with van der Waals surface area (Å²) >= 11 is 0. The minimum Gasteiger partial charge on any atom is -0.381 e. The zero-order chi connectivity index (χ0) is 33.6. The largest absolute Gasteiger partial charge is 0.381 e. The van der Waals surface area contributed by atoms with Crippen molar-refractivity contribution in [3.8, 4) is 22.5 Å². The number of nitrogens with zero attached hydrogens (tertiary/aromatic N) is 4. The van der Waals surface area contributed by atoms with E-state index in [1.165, 1.54) is 6.42 Å². The number of ether oxygens (including phenoxy) is 1. The minimum absolute atomic E-state index is 0.0963. The Labute approximate surface area is 280 Å². The van der Waals surface area contributed by atoms with Gasteiger partial charge in [-0.2, -0.15) is 0 Å². The molecule has 2 heterocycles. The number of hydrogen-bond acceptors (Lipinski definition) is 6. The normalized spacial score (nSPS) is 12.3. The van der Waals surface area contributed by atoms with E-state index >= 15 is 0 Å². The fraction of sp³-hybridized carbons (Fsp3) is 0.553. The first-order valence-electron chi connectivity index (χ1n) is 17.5. The summed E-state index contributed by atoms with van der Waals surface area (Å²) in [7, 11) is 0. The summed E-state index contributed by atoms with van der Waals surface area (Å²) in [6, 6.07) is 16.0. The van der Waals surface area contributed by atoms with Gasteiger partial charge >= 0.3 is 0 Å². The van der Waals surface area contributed by atoms with E-state index in [-0.39, 0.29) is 24.7 Å². The Morgan fingerprint density at radius 1 is 0.809 bits per heavy atom. The first kappa shape index (κ1) is 36.0. The Balaban J connectivity index is 1.31. The molecule has 1 N–H and O–H groups in total. The standard InChI is InChI=1S/C38H53N5O4/c1-28(2)13-9-10-24-43-38-32-16-6-5-14-30(32)27-42(34-18-8-7-17-33(34)37(38)40-41-43)36(46)22-21-35(45)39-23-12-26-47-25-11-15-31(44)20-19-29(3)4/h5-8,14,16-18,28-29H,9-13,15,19-27H2,1-4H3,(H,39,45). The molecule has 0 saturated heterocycles. The topological polar surface area (TPSA) is 106 Å².